The Kier molecular flexibility index (Phi) is 5.79. The van der Waals surface area contributed by atoms with E-state index < -0.39 is 6.10 Å². The van der Waals surface area contributed by atoms with E-state index >= 15 is 0 Å². The van der Waals surface area contributed by atoms with Crippen molar-refractivity contribution in [2.75, 3.05) is 39.5 Å². The second-order valence-corrected chi connectivity index (χ2v) is 9.08. The molecule has 1 aliphatic carbocycles. The monoisotopic (exact) mass is 409 g/mol. The summed E-state index contributed by atoms with van der Waals surface area (Å²) in [5.41, 5.74) is 2.50. The van der Waals surface area contributed by atoms with Gasteiger partial charge in [-0.25, -0.2) is 0 Å². The second kappa shape index (κ2) is 8.67. The fraction of sp³-hybridized carbons (Fsp3) is 0.520. The van der Waals surface area contributed by atoms with Crippen LogP contribution in [0.1, 0.15) is 24.8 Å². The highest BCUT2D eigenvalue weighted by Crippen LogP contribution is 2.38. The molecule has 2 aromatic carbocycles. The molecule has 30 heavy (non-hydrogen) atoms. The van der Waals surface area contributed by atoms with E-state index in [0.717, 1.165) is 50.1 Å². The van der Waals surface area contributed by atoms with E-state index in [1.807, 2.05) is 6.07 Å². The summed E-state index contributed by atoms with van der Waals surface area (Å²) in [6, 6.07) is 12.5. The van der Waals surface area contributed by atoms with Crippen LogP contribution in [0.15, 0.2) is 42.5 Å². The Bertz CT molecular complexity index is 913. The highest BCUT2D eigenvalue weighted by atomic mass is 16.5. The van der Waals surface area contributed by atoms with Crippen molar-refractivity contribution in [1.82, 2.24) is 4.90 Å². The fourth-order valence-electron chi connectivity index (χ4n) is 5.46. The number of nitrogens with zero attached hydrogens (tertiary/aromatic N) is 1. The van der Waals surface area contributed by atoms with Gasteiger partial charge in [0.25, 0.3) is 0 Å². The first-order chi connectivity index (χ1) is 14.7. The van der Waals surface area contributed by atoms with Crippen LogP contribution >= 0.6 is 0 Å². The average Bonchev–Trinajstić information content (AvgIpc) is 3.28. The first-order valence-electron chi connectivity index (χ1n) is 11.2. The maximum Gasteiger partial charge on any atom is 0.120 e. The van der Waals surface area contributed by atoms with Crippen LogP contribution in [0.25, 0.3) is 16.3 Å². The van der Waals surface area contributed by atoms with E-state index in [2.05, 4.69) is 41.3 Å². The number of hydrogen-bond acceptors (Lipinski definition) is 5. The smallest absolute Gasteiger partial charge is 0.120 e. The lowest BCUT2D eigenvalue weighted by molar-refractivity contribution is 0.0708. The van der Waals surface area contributed by atoms with Gasteiger partial charge >= 0.3 is 0 Å². The van der Waals surface area contributed by atoms with Crippen molar-refractivity contribution < 1.29 is 19.7 Å². The quantitative estimate of drug-likeness (QED) is 0.768. The number of fused-ring (bicyclic) bond motifs is 2. The molecule has 2 N–H and O–H groups in total. The van der Waals surface area contributed by atoms with E-state index in [0.29, 0.717) is 25.0 Å². The van der Waals surface area contributed by atoms with Crippen LogP contribution in [0.5, 0.6) is 5.75 Å². The summed E-state index contributed by atoms with van der Waals surface area (Å²) in [6.07, 6.45) is 4.24. The summed E-state index contributed by atoms with van der Waals surface area (Å²) in [5, 5.41) is 22.8. The van der Waals surface area contributed by atoms with E-state index in [1.54, 1.807) is 0 Å². The number of aliphatic hydroxyl groups is 2. The molecule has 3 aliphatic rings. The van der Waals surface area contributed by atoms with Crippen LogP contribution in [0.3, 0.4) is 0 Å². The molecule has 2 aromatic rings. The molecule has 2 unspecified atom stereocenters. The van der Waals surface area contributed by atoms with E-state index in [-0.39, 0.29) is 12.7 Å². The van der Waals surface area contributed by atoms with Gasteiger partial charge in [-0.1, -0.05) is 30.3 Å². The molecule has 4 atom stereocenters. The van der Waals surface area contributed by atoms with Crippen LogP contribution in [0.2, 0.25) is 0 Å². The number of β-amino-alcohol motifs (C(OH)–C–C–N with tert-alkyl or cyclic N) is 1. The summed E-state index contributed by atoms with van der Waals surface area (Å²) in [5.74, 6) is 1.98. The zero-order valence-corrected chi connectivity index (χ0v) is 17.4. The number of ether oxygens (including phenoxy) is 2. The predicted molar refractivity (Wildman–Crippen MR) is 118 cm³/mol. The minimum absolute atomic E-state index is 0.122. The summed E-state index contributed by atoms with van der Waals surface area (Å²) < 4.78 is 11.5. The van der Waals surface area contributed by atoms with Gasteiger partial charge < -0.3 is 24.6 Å². The Morgan fingerprint density at radius 1 is 1.13 bits per heavy atom. The molecule has 2 aliphatic heterocycles. The molecule has 0 radical (unpaired) electrons. The van der Waals surface area contributed by atoms with Gasteiger partial charge in [0, 0.05) is 19.6 Å². The van der Waals surface area contributed by atoms with Gasteiger partial charge in [0.05, 0.1) is 19.3 Å². The lowest BCUT2D eigenvalue weighted by atomic mass is 9.95. The minimum atomic E-state index is -0.522. The fourth-order valence-corrected chi connectivity index (χ4v) is 5.46. The van der Waals surface area contributed by atoms with Gasteiger partial charge in [0.1, 0.15) is 18.5 Å². The molecule has 5 rings (SSSR count). The SMILES string of the molecule is OC1C[C@@H]2CN(CC(O)COc3cc(C4=CCOCC4)c4ccccc4c3)C[C@@H]2C1. The number of rotatable bonds is 6. The zero-order valence-electron chi connectivity index (χ0n) is 17.4. The molecule has 0 bridgehead atoms. The number of hydrogen-bond donors (Lipinski definition) is 2. The Morgan fingerprint density at radius 3 is 2.70 bits per heavy atom. The molecule has 0 aromatic heterocycles. The lowest BCUT2D eigenvalue weighted by Gasteiger charge is -2.22. The normalized spacial score (nSPS) is 27.8. The summed E-state index contributed by atoms with van der Waals surface area (Å²) >= 11 is 0. The standard InChI is InChI=1S/C25H31NO4/c27-21-9-19-13-26(14-20(19)10-21)15-22(28)16-30-23-11-18-3-1-2-4-24(18)25(12-23)17-5-7-29-8-6-17/h1-5,11-12,19-22,27-28H,6-10,13-16H2/t19-,20+,21?,22?. The van der Waals surface area contributed by atoms with Crippen LogP contribution in [-0.2, 0) is 4.74 Å². The van der Waals surface area contributed by atoms with E-state index in [4.69, 9.17) is 9.47 Å². The maximum absolute atomic E-state index is 10.6. The molecule has 0 spiro atoms. The molecular formula is C25H31NO4. The molecule has 0 amide bonds. The minimum Gasteiger partial charge on any atom is -0.491 e. The van der Waals surface area contributed by atoms with Crippen LogP contribution in [0, 0.1) is 11.8 Å². The van der Waals surface area contributed by atoms with Crippen molar-refractivity contribution in [3.63, 3.8) is 0 Å². The van der Waals surface area contributed by atoms with Crippen LogP contribution in [0.4, 0.5) is 0 Å². The molecule has 5 heteroatoms. The largest absolute Gasteiger partial charge is 0.491 e. The molecule has 1 saturated carbocycles. The zero-order chi connectivity index (χ0) is 20.5. The van der Waals surface area contributed by atoms with E-state index in [1.165, 1.54) is 16.5 Å². The van der Waals surface area contributed by atoms with E-state index in [9.17, 15) is 10.2 Å². The molecule has 2 heterocycles. The predicted octanol–water partition coefficient (Wildman–Crippen LogP) is 3.09. The Morgan fingerprint density at radius 2 is 1.93 bits per heavy atom. The number of likely N-dealkylation sites (tertiary alicyclic amines) is 1. The highest BCUT2D eigenvalue weighted by molar-refractivity contribution is 5.95. The Labute approximate surface area is 177 Å². The Hall–Kier alpha value is -1.92. The van der Waals surface area contributed by atoms with Gasteiger partial charge in [0.2, 0.25) is 0 Å². The third-order valence-corrected chi connectivity index (χ3v) is 6.86. The first kappa shape index (κ1) is 20.0. The maximum atomic E-state index is 10.6. The van der Waals surface area contributed by atoms with Crippen molar-refractivity contribution in [2.45, 2.75) is 31.5 Å². The third kappa shape index (κ3) is 4.26. The summed E-state index contributed by atoms with van der Waals surface area (Å²) in [7, 11) is 0. The second-order valence-electron chi connectivity index (χ2n) is 9.08. The highest BCUT2D eigenvalue weighted by Gasteiger charge is 2.40. The number of benzene rings is 2. The van der Waals surface area contributed by atoms with Gasteiger partial charge in [-0.3, -0.25) is 0 Å². The molecule has 2 fully saturated rings. The third-order valence-electron chi connectivity index (χ3n) is 6.86. The van der Waals surface area contributed by atoms with Crippen molar-refractivity contribution in [3.05, 3.63) is 48.0 Å². The number of aliphatic hydroxyl groups excluding tert-OH is 2. The van der Waals surface area contributed by atoms with Gasteiger partial charge in [-0.15, -0.1) is 0 Å². The summed E-state index contributed by atoms with van der Waals surface area (Å²) in [4.78, 5) is 2.33. The van der Waals surface area contributed by atoms with Gasteiger partial charge in [-0.2, -0.15) is 0 Å². The first-order valence-corrected chi connectivity index (χ1v) is 11.2. The Balaban J connectivity index is 1.25. The van der Waals surface area contributed by atoms with Gasteiger partial charge in [-0.05, 0) is 65.1 Å². The van der Waals surface area contributed by atoms with Crippen LogP contribution in [-0.4, -0.2) is 66.8 Å². The topological polar surface area (TPSA) is 62.2 Å². The van der Waals surface area contributed by atoms with Crippen molar-refractivity contribution in [3.8, 4) is 5.75 Å². The average molecular weight is 410 g/mol. The molecular weight excluding hydrogens is 378 g/mol. The molecule has 1 saturated heterocycles. The van der Waals surface area contributed by atoms with Crippen molar-refractivity contribution >= 4 is 16.3 Å². The van der Waals surface area contributed by atoms with Crippen molar-refractivity contribution in [1.29, 1.82) is 0 Å². The molecule has 160 valence electrons. The lowest BCUT2D eigenvalue weighted by Crippen LogP contribution is -2.35. The van der Waals surface area contributed by atoms with Crippen LogP contribution < -0.4 is 4.74 Å². The summed E-state index contributed by atoms with van der Waals surface area (Å²) in [6.45, 7) is 4.28. The van der Waals surface area contributed by atoms with Crippen molar-refractivity contribution in [2.24, 2.45) is 11.8 Å². The molecule has 5 nitrogen and oxygen atoms in total. The van der Waals surface area contributed by atoms with Gasteiger partial charge in [0.15, 0.2) is 0 Å².